The van der Waals surface area contributed by atoms with E-state index in [2.05, 4.69) is 17.0 Å². The molecule has 0 bridgehead atoms. The average Bonchev–Trinajstić information content (AvgIpc) is 2.99. The van der Waals surface area contributed by atoms with Crippen molar-refractivity contribution in [1.82, 2.24) is 0 Å². The molecule has 0 fully saturated rings. The molecule has 9 heteroatoms. The highest BCUT2D eigenvalue weighted by atomic mass is 16.6. The fourth-order valence-corrected chi connectivity index (χ4v) is 3.25. The number of nitriles is 2. The first-order valence-corrected chi connectivity index (χ1v) is 12.3. The summed E-state index contributed by atoms with van der Waals surface area (Å²) < 4.78 is 34.4. The van der Waals surface area contributed by atoms with Gasteiger partial charge in [-0.3, -0.25) is 0 Å². The van der Waals surface area contributed by atoms with Crippen molar-refractivity contribution in [2.24, 2.45) is 0 Å². The van der Waals surface area contributed by atoms with E-state index in [9.17, 15) is 0 Å². The summed E-state index contributed by atoms with van der Waals surface area (Å²) >= 11 is 0. The topological polar surface area (TPSA) is 107 Å². The Morgan fingerprint density at radius 3 is 1.41 bits per heavy atom. The first-order chi connectivity index (χ1) is 19.2. The van der Waals surface area contributed by atoms with Crippen molar-refractivity contribution in [3.63, 3.8) is 0 Å². The molecule has 0 heterocycles. The van der Waals surface area contributed by atoms with Gasteiger partial charge in [-0.05, 0) is 60.7 Å². The molecule has 0 aliphatic heterocycles. The molecule has 0 spiro atoms. The summed E-state index contributed by atoms with van der Waals surface area (Å²) in [6.45, 7) is 9.65. The van der Waals surface area contributed by atoms with Gasteiger partial charge in [0.15, 0.2) is 5.69 Å². The van der Waals surface area contributed by atoms with E-state index < -0.39 is 0 Å². The van der Waals surface area contributed by atoms with Crippen LogP contribution in [-0.2, 0) is 14.2 Å². The van der Waals surface area contributed by atoms with E-state index in [4.69, 9.17) is 45.5 Å². The number of benzene rings is 3. The summed E-state index contributed by atoms with van der Waals surface area (Å²) in [6, 6.07) is 24.8. The van der Waals surface area contributed by atoms with E-state index in [0.29, 0.717) is 86.9 Å². The van der Waals surface area contributed by atoms with Gasteiger partial charge in [0.25, 0.3) is 0 Å². The third-order valence-corrected chi connectivity index (χ3v) is 5.24. The highest BCUT2D eigenvalue weighted by Gasteiger charge is 2.11. The number of hydrogen-bond donors (Lipinski definition) is 0. The number of rotatable bonds is 17. The minimum absolute atomic E-state index is 0.298. The molecule has 9 nitrogen and oxygen atoms in total. The molecule has 3 aromatic carbocycles. The lowest BCUT2D eigenvalue weighted by atomic mass is 10.2. The first-order valence-electron chi connectivity index (χ1n) is 12.3. The van der Waals surface area contributed by atoms with Crippen molar-refractivity contribution in [1.29, 1.82) is 10.5 Å². The Hall–Kier alpha value is -4.59. The normalized spacial score (nSPS) is 11.0. The van der Waals surface area contributed by atoms with Gasteiger partial charge in [0, 0.05) is 0 Å². The third-order valence-electron chi connectivity index (χ3n) is 5.24. The molecule has 0 amide bonds. The number of ether oxygens (including phenoxy) is 6. The van der Waals surface area contributed by atoms with Crippen LogP contribution in [0.4, 0.5) is 5.69 Å². The Labute approximate surface area is 228 Å². The van der Waals surface area contributed by atoms with Crippen LogP contribution in [0.25, 0.3) is 4.85 Å². The summed E-state index contributed by atoms with van der Waals surface area (Å²) in [7, 11) is 0. The zero-order valence-corrected chi connectivity index (χ0v) is 21.5. The molecule has 0 N–H and O–H groups in total. The van der Waals surface area contributed by atoms with Gasteiger partial charge < -0.3 is 28.4 Å². The Bertz CT molecular complexity index is 1180. The lowest BCUT2D eigenvalue weighted by Gasteiger charge is -2.19. The molecular formula is C30H29N3O6. The summed E-state index contributed by atoms with van der Waals surface area (Å²) in [5.41, 5.74) is 1.70. The van der Waals surface area contributed by atoms with Crippen molar-refractivity contribution in [3.05, 3.63) is 95.3 Å². The predicted molar refractivity (Wildman–Crippen MR) is 143 cm³/mol. The molecule has 0 aliphatic rings. The van der Waals surface area contributed by atoms with E-state index >= 15 is 0 Å². The van der Waals surface area contributed by atoms with Gasteiger partial charge in [-0.2, -0.15) is 10.5 Å². The summed E-state index contributed by atoms with van der Waals surface area (Å²) in [5.74, 6) is 1.99. The Morgan fingerprint density at radius 1 is 0.590 bits per heavy atom. The maximum Gasteiger partial charge on any atom is 0.187 e. The second-order valence-corrected chi connectivity index (χ2v) is 8.07. The van der Waals surface area contributed by atoms with Crippen molar-refractivity contribution in [2.75, 3.05) is 52.9 Å². The molecule has 1 unspecified atom stereocenters. The zero-order valence-electron chi connectivity index (χ0n) is 21.5. The van der Waals surface area contributed by atoms with Gasteiger partial charge in [0.05, 0.1) is 62.9 Å². The molecule has 0 saturated heterocycles. The van der Waals surface area contributed by atoms with Crippen molar-refractivity contribution >= 4 is 5.69 Å². The van der Waals surface area contributed by atoms with Gasteiger partial charge >= 0.3 is 0 Å². The largest absolute Gasteiger partial charge is 0.491 e. The molecule has 3 aromatic rings. The van der Waals surface area contributed by atoms with Gasteiger partial charge in [-0.1, -0.05) is 12.1 Å². The lowest BCUT2D eigenvalue weighted by molar-refractivity contribution is -0.0703. The first kappa shape index (κ1) is 29.0. The van der Waals surface area contributed by atoms with Gasteiger partial charge in [-0.15, -0.1) is 0 Å². The maximum absolute atomic E-state index is 8.90. The lowest BCUT2D eigenvalue weighted by Crippen LogP contribution is -2.29. The van der Waals surface area contributed by atoms with E-state index in [1.807, 2.05) is 0 Å². The molecule has 200 valence electrons. The second kappa shape index (κ2) is 17.0. The molecule has 3 rings (SSSR count). The second-order valence-electron chi connectivity index (χ2n) is 8.07. The van der Waals surface area contributed by atoms with Crippen LogP contribution in [0, 0.1) is 29.2 Å². The van der Waals surface area contributed by atoms with Crippen LogP contribution in [-0.4, -0.2) is 59.0 Å². The SMILES string of the molecule is [C-]#[N+]c1ccc(OCCOCC(COCCOc2ccc(C#N)cc2)OCCOc2ccc(C#N)cc2)cc1. The minimum atomic E-state index is -0.331. The van der Waals surface area contributed by atoms with Gasteiger partial charge in [0.2, 0.25) is 0 Å². The molecule has 0 aliphatic carbocycles. The maximum atomic E-state index is 8.90. The van der Waals surface area contributed by atoms with Crippen LogP contribution in [0.1, 0.15) is 11.1 Å². The molecule has 0 radical (unpaired) electrons. The molecule has 0 aromatic heterocycles. The van der Waals surface area contributed by atoms with Crippen LogP contribution in [0.2, 0.25) is 0 Å². The summed E-state index contributed by atoms with van der Waals surface area (Å²) in [6.07, 6.45) is -0.331. The fourth-order valence-electron chi connectivity index (χ4n) is 3.25. The highest BCUT2D eigenvalue weighted by molar-refractivity contribution is 5.47. The molecule has 0 saturated carbocycles. The molecule has 39 heavy (non-hydrogen) atoms. The van der Waals surface area contributed by atoms with Gasteiger partial charge in [0.1, 0.15) is 43.2 Å². The van der Waals surface area contributed by atoms with E-state index in [0.717, 1.165) is 0 Å². The van der Waals surface area contributed by atoms with Gasteiger partial charge in [-0.25, -0.2) is 4.85 Å². The molecular weight excluding hydrogens is 498 g/mol. The van der Waals surface area contributed by atoms with Crippen LogP contribution in [0.3, 0.4) is 0 Å². The highest BCUT2D eigenvalue weighted by Crippen LogP contribution is 2.17. The van der Waals surface area contributed by atoms with Crippen molar-refractivity contribution in [3.8, 4) is 29.4 Å². The van der Waals surface area contributed by atoms with E-state index in [-0.39, 0.29) is 6.10 Å². The summed E-state index contributed by atoms with van der Waals surface area (Å²) in [4.78, 5) is 3.36. The zero-order chi connectivity index (χ0) is 27.5. The van der Waals surface area contributed by atoms with Crippen LogP contribution >= 0.6 is 0 Å². The summed E-state index contributed by atoms with van der Waals surface area (Å²) in [5, 5.41) is 17.8. The van der Waals surface area contributed by atoms with E-state index in [1.54, 1.807) is 72.8 Å². The fraction of sp³-hybridized carbons (Fsp3) is 0.300. The van der Waals surface area contributed by atoms with Crippen LogP contribution in [0.15, 0.2) is 72.8 Å². The van der Waals surface area contributed by atoms with Crippen LogP contribution < -0.4 is 14.2 Å². The number of nitrogens with zero attached hydrogens (tertiary/aromatic N) is 3. The Balaban J connectivity index is 1.37. The molecule has 1 atom stereocenters. The monoisotopic (exact) mass is 527 g/mol. The van der Waals surface area contributed by atoms with Crippen LogP contribution in [0.5, 0.6) is 17.2 Å². The van der Waals surface area contributed by atoms with Crippen molar-refractivity contribution < 1.29 is 28.4 Å². The van der Waals surface area contributed by atoms with E-state index in [1.165, 1.54) is 0 Å². The predicted octanol–water partition coefficient (Wildman–Crippen LogP) is 4.94. The third kappa shape index (κ3) is 11.1. The van der Waals surface area contributed by atoms with Crippen molar-refractivity contribution in [2.45, 2.75) is 6.10 Å². The Morgan fingerprint density at radius 2 is 1.00 bits per heavy atom. The average molecular weight is 528 g/mol. The number of hydrogen-bond acceptors (Lipinski definition) is 8. The minimum Gasteiger partial charge on any atom is -0.491 e. The standard InChI is InChI=1S/C30H29N3O6/c1-33-26-6-12-29(13-7-26)37-17-15-35-23-30(39-19-18-38-28-10-4-25(21-32)5-11-28)22-34-14-16-36-27-8-2-24(20-31)3-9-27/h2-13,30H,14-19,22-23H2. The quantitative estimate of drug-likeness (QED) is 0.180. The Kier molecular flexibility index (Phi) is 12.6. The smallest absolute Gasteiger partial charge is 0.187 e.